The largest absolute Gasteiger partial charge is 0.490 e. The lowest BCUT2D eigenvalue weighted by molar-refractivity contribution is -0.0556. The molecule has 0 aromatic heterocycles. The second-order valence-corrected chi connectivity index (χ2v) is 6.77. The molecule has 1 N–H and O–H groups in total. The average Bonchev–Trinajstić information content (AvgIpc) is 3.03. The summed E-state index contributed by atoms with van der Waals surface area (Å²) in [5.74, 6) is 1.50. The number of fused-ring (bicyclic) bond motifs is 1. The van der Waals surface area contributed by atoms with Gasteiger partial charge in [-0.2, -0.15) is 0 Å². The van der Waals surface area contributed by atoms with E-state index in [2.05, 4.69) is 0 Å². The quantitative estimate of drug-likeness (QED) is 0.850. The minimum atomic E-state index is -0.318. The van der Waals surface area contributed by atoms with Gasteiger partial charge in [0, 0.05) is 30.7 Å². The molecule has 2 aliphatic heterocycles. The van der Waals surface area contributed by atoms with Gasteiger partial charge < -0.3 is 24.2 Å². The maximum absolute atomic E-state index is 13.0. The van der Waals surface area contributed by atoms with Crippen molar-refractivity contribution in [3.63, 3.8) is 0 Å². The van der Waals surface area contributed by atoms with Crippen LogP contribution in [0.5, 0.6) is 11.5 Å². The van der Waals surface area contributed by atoms with Crippen LogP contribution in [0.1, 0.15) is 30.6 Å². The highest BCUT2D eigenvalue weighted by Crippen LogP contribution is 2.41. The molecular weight excluding hydrogens is 322 g/mol. The Labute approximate surface area is 148 Å². The third kappa shape index (κ3) is 3.46. The Morgan fingerprint density at radius 2 is 2.08 bits per heavy atom. The summed E-state index contributed by atoms with van der Waals surface area (Å²) in [5.41, 5.74) is 0.265. The van der Waals surface area contributed by atoms with Gasteiger partial charge in [0.1, 0.15) is 0 Å². The number of ether oxygens (including phenoxy) is 3. The minimum Gasteiger partial charge on any atom is -0.490 e. The van der Waals surface area contributed by atoms with Crippen LogP contribution in [0.25, 0.3) is 0 Å². The van der Waals surface area contributed by atoms with Crippen molar-refractivity contribution in [1.29, 1.82) is 0 Å². The third-order valence-electron chi connectivity index (χ3n) is 5.21. The molecule has 138 valence electrons. The van der Waals surface area contributed by atoms with Crippen LogP contribution in [0, 0.1) is 11.3 Å². The number of nitrogens with zero attached hydrogens (tertiary/aromatic N) is 1. The number of carbonyl (C=O) groups is 1. The van der Waals surface area contributed by atoms with E-state index < -0.39 is 0 Å². The van der Waals surface area contributed by atoms with Crippen molar-refractivity contribution in [2.45, 2.75) is 20.3 Å². The molecule has 2 atom stereocenters. The predicted octanol–water partition coefficient (Wildman–Crippen LogP) is 1.95. The zero-order valence-electron chi connectivity index (χ0n) is 15.0. The molecule has 2 heterocycles. The molecule has 0 bridgehead atoms. The third-order valence-corrected chi connectivity index (χ3v) is 5.21. The summed E-state index contributed by atoms with van der Waals surface area (Å²) in [7, 11) is 0. The number of carbonyl (C=O) groups excluding carboxylic acids is 1. The standard InChI is InChI=1S/C19H27NO5/c1-3-24-16-6-5-14(9-17(16)25-4-2)18(22)20-10-15-7-8-23-13-19(15,11-20)12-21/h5-6,9,15,21H,3-4,7-8,10-13H2,1-2H3/t15-,19+/m0/s1. The van der Waals surface area contributed by atoms with Crippen molar-refractivity contribution in [3.05, 3.63) is 23.8 Å². The number of aliphatic hydroxyl groups is 1. The normalized spacial score (nSPS) is 25.6. The van der Waals surface area contributed by atoms with Crippen LogP contribution >= 0.6 is 0 Å². The van der Waals surface area contributed by atoms with Crippen LogP contribution in [-0.2, 0) is 4.74 Å². The van der Waals surface area contributed by atoms with Crippen molar-refractivity contribution in [3.8, 4) is 11.5 Å². The molecule has 2 aliphatic rings. The number of rotatable bonds is 6. The lowest BCUT2D eigenvalue weighted by Crippen LogP contribution is -2.43. The van der Waals surface area contributed by atoms with Gasteiger partial charge in [-0.15, -0.1) is 0 Å². The maximum atomic E-state index is 13.0. The van der Waals surface area contributed by atoms with E-state index in [1.807, 2.05) is 18.7 Å². The highest BCUT2D eigenvalue weighted by Gasteiger charge is 2.49. The summed E-state index contributed by atoms with van der Waals surface area (Å²) in [4.78, 5) is 14.8. The highest BCUT2D eigenvalue weighted by molar-refractivity contribution is 5.95. The van der Waals surface area contributed by atoms with Gasteiger partial charge in [-0.1, -0.05) is 0 Å². The van der Waals surface area contributed by atoms with Crippen LogP contribution in [-0.4, -0.2) is 62.0 Å². The molecular formula is C19H27NO5. The van der Waals surface area contributed by atoms with Crippen molar-refractivity contribution in [1.82, 2.24) is 4.90 Å². The Bertz CT molecular complexity index is 620. The molecule has 0 unspecified atom stereocenters. The van der Waals surface area contributed by atoms with E-state index in [1.165, 1.54) is 0 Å². The molecule has 0 spiro atoms. The summed E-state index contributed by atoms with van der Waals surface area (Å²) >= 11 is 0. The van der Waals surface area contributed by atoms with Gasteiger partial charge in [-0.05, 0) is 44.4 Å². The Morgan fingerprint density at radius 1 is 1.32 bits per heavy atom. The first-order valence-corrected chi connectivity index (χ1v) is 9.01. The smallest absolute Gasteiger partial charge is 0.254 e. The number of hydrogen-bond acceptors (Lipinski definition) is 5. The lowest BCUT2D eigenvalue weighted by Gasteiger charge is -2.36. The second-order valence-electron chi connectivity index (χ2n) is 6.77. The van der Waals surface area contributed by atoms with Gasteiger partial charge in [0.15, 0.2) is 11.5 Å². The number of amides is 1. The van der Waals surface area contributed by atoms with Gasteiger partial charge >= 0.3 is 0 Å². The van der Waals surface area contributed by atoms with Gasteiger partial charge in [0.25, 0.3) is 5.91 Å². The molecule has 25 heavy (non-hydrogen) atoms. The first kappa shape index (κ1) is 18.0. The Hall–Kier alpha value is -1.79. The predicted molar refractivity (Wildman–Crippen MR) is 93.1 cm³/mol. The Balaban J connectivity index is 1.80. The molecule has 0 radical (unpaired) electrons. The summed E-state index contributed by atoms with van der Waals surface area (Å²) in [5, 5.41) is 9.88. The van der Waals surface area contributed by atoms with Gasteiger partial charge in [0.2, 0.25) is 0 Å². The van der Waals surface area contributed by atoms with Crippen molar-refractivity contribution < 1.29 is 24.1 Å². The zero-order chi connectivity index (χ0) is 17.9. The Kier molecular flexibility index (Phi) is 5.49. The van der Waals surface area contributed by atoms with Gasteiger partial charge in [-0.3, -0.25) is 4.79 Å². The fraction of sp³-hybridized carbons (Fsp3) is 0.632. The molecule has 1 aromatic rings. The molecule has 6 nitrogen and oxygen atoms in total. The van der Waals surface area contributed by atoms with E-state index in [4.69, 9.17) is 14.2 Å². The topological polar surface area (TPSA) is 68.2 Å². The summed E-state index contributed by atoms with van der Waals surface area (Å²) in [6.07, 6.45) is 0.887. The van der Waals surface area contributed by atoms with Crippen LogP contribution in [0.3, 0.4) is 0 Å². The van der Waals surface area contributed by atoms with E-state index >= 15 is 0 Å². The van der Waals surface area contributed by atoms with Crippen LogP contribution < -0.4 is 9.47 Å². The molecule has 2 saturated heterocycles. The van der Waals surface area contributed by atoms with Gasteiger partial charge in [0.05, 0.1) is 26.4 Å². The SMILES string of the molecule is CCOc1ccc(C(=O)N2C[C@@H]3CCOC[C@]3(CO)C2)cc1OCC. The lowest BCUT2D eigenvalue weighted by atomic mass is 9.76. The fourth-order valence-corrected chi connectivity index (χ4v) is 3.84. The summed E-state index contributed by atoms with van der Waals surface area (Å²) < 4.78 is 16.8. The number of hydrogen-bond donors (Lipinski definition) is 1. The fourth-order valence-electron chi connectivity index (χ4n) is 3.84. The van der Waals surface area contributed by atoms with Crippen LogP contribution in [0.2, 0.25) is 0 Å². The molecule has 1 aromatic carbocycles. The summed E-state index contributed by atoms with van der Waals surface area (Å²) in [6.45, 7) is 7.34. The first-order chi connectivity index (χ1) is 12.1. The van der Waals surface area contributed by atoms with Crippen molar-refractivity contribution >= 4 is 5.91 Å². The van der Waals surface area contributed by atoms with E-state index in [9.17, 15) is 9.90 Å². The maximum Gasteiger partial charge on any atom is 0.254 e. The van der Waals surface area contributed by atoms with E-state index in [-0.39, 0.29) is 17.9 Å². The zero-order valence-corrected chi connectivity index (χ0v) is 15.0. The molecule has 6 heteroatoms. The Morgan fingerprint density at radius 3 is 2.76 bits per heavy atom. The van der Waals surface area contributed by atoms with Crippen LogP contribution in [0.4, 0.5) is 0 Å². The number of benzene rings is 1. The monoisotopic (exact) mass is 349 g/mol. The average molecular weight is 349 g/mol. The summed E-state index contributed by atoms with van der Waals surface area (Å²) in [6, 6.07) is 5.32. The highest BCUT2D eigenvalue weighted by atomic mass is 16.5. The molecule has 2 fully saturated rings. The molecule has 0 saturated carbocycles. The minimum absolute atomic E-state index is 0.0359. The molecule has 3 rings (SSSR count). The van der Waals surface area contributed by atoms with E-state index in [0.29, 0.717) is 62.5 Å². The van der Waals surface area contributed by atoms with Crippen molar-refractivity contribution in [2.24, 2.45) is 11.3 Å². The second kappa shape index (κ2) is 7.62. The van der Waals surface area contributed by atoms with Crippen LogP contribution in [0.15, 0.2) is 18.2 Å². The number of aliphatic hydroxyl groups excluding tert-OH is 1. The first-order valence-electron chi connectivity index (χ1n) is 9.01. The van der Waals surface area contributed by atoms with E-state index in [1.54, 1.807) is 18.2 Å². The molecule has 0 aliphatic carbocycles. The van der Waals surface area contributed by atoms with Gasteiger partial charge in [-0.25, -0.2) is 0 Å². The number of likely N-dealkylation sites (tertiary alicyclic amines) is 1. The van der Waals surface area contributed by atoms with Crippen molar-refractivity contribution in [2.75, 3.05) is 46.1 Å². The van der Waals surface area contributed by atoms with E-state index in [0.717, 1.165) is 6.42 Å². The molecule has 1 amide bonds.